The number of hydrogen-bond donors (Lipinski definition) is 0. The molecule has 134 valence electrons. The van der Waals surface area contributed by atoms with Crippen LogP contribution in [0.2, 0.25) is 5.02 Å². The van der Waals surface area contributed by atoms with Gasteiger partial charge in [-0.15, -0.1) is 0 Å². The molecule has 0 radical (unpaired) electrons. The second kappa shape index (κ2) is 8.42. The van der Waals surface area contributed by atoms with Gasteiger partial charge < -0.3 is 4.74 Å². The quantitative estimate of drug-likeness (QED) is 0.540. The second-order valence-corrected chi connectivity index (χ2v) is 7.74. The Labute approximate surface area is 151 Å². The second-order valence-electron chi connectivity index (χ2n) is 5.29. The summed E-state index contributed by atoms with van der Waals surface area (Å²) < 4.78 is 43.8. The van der Waals surface area contributed by atoms with Crippen molar-refractivity contribution in [2.24, 2.45) is 0 Å². The maximum Gasteiger partial charge on any atom is 0.311 e. The lowest BCUT2D eigenvalue weighted by atomic mass is 10.3. The van der Waals surface area contributed by atoms with Crippen LogP contribution in [-0.2, 0) is 14.8 Å². The minimum Gasteiger partial charge on any atom is -0.425 e. The zero-order valence-corrected chi connectivity index (χ0v) is 15.1. The van der Waals surface area contributed by atoms with E-state index in [9.17, 15) is 17.6 Å². The molecule has 0 aliphatic rings. The van der Waals surface area contributed by atoms with Crippen LogP contribution in [0.15, 0.2) is 53.4 Å². The minimum absolute atomic E-state index is 0.00459. The number of benzene rings is 2. The number of carbonyl (C=O) groups is 1. The highest BCUT2D eigenvalue weighted by Crippen LogP contribution is 2.23. The predicted molar refractivity (Wildman–Crippen MR) is 92.5 cm³/mol. The van der Waals surface area contributed by atoms with Crippen molar-refractivity contribution in [3.63, 3.8) is 0 Å². The molecule has 0 spiro atoms. The van der Waals surface area contributed by atoms with Crippen LogP contribution in [0.5, 0.6) is 5.75 Å². The number of carbonyl (C=O) groups excluding carboxylic acids is 1. The van der Waals surface area contributed by atoms with Crippen LogP contribution in [0.25, 0.3) is 0 Å². The van der Waals surface area contributed by atoms with Gasteiger partial charge in [0, 0.05) is 20.0 Å². The standard InChI is InChI=1S/C17H17ClFNO4S/c1-20(25(22,23)14-10-8-13(19)9-11-14)12-4-7-17(21)24-16-6-3-2-5-15(16)18/h2-3,5-6,8-11H,4,7,12H2,1H3. The molecule has 0 N–H and O–H groups in total. The Morgan fingerprint density at radius 1 is 1.16 bits per heavy atom. The highest BCUT2D eigenvalue weighted by atomic mass is 35.5. The topological polar surface area (TPSA) is 63.7 Å². The third kappa shape index (κ3) is 5.26. The third-order valence-corrected chi connectivity index (χ3v) is 5.62. The van der Waals surface area contributed by atoms with Crippen molar-refractivity contribution in [1.29, 1.82) is 0 Å². The smallest absolute Gasteiger partial charge is 0.311 e. The largest absolute Gasteiger partial charge is 0.425 e. The van der Waals surface area contributed by atoms with E-state index in [4.69, 9.17) is 16.3 Å². The Morgan fingerprint density at radius 3 is 2.44 bits per heavy atom. The molecular weight excluding hydrogens is 369 g/mol. The number of rotatable bonds is 7. The Hall–Kier alpha value is -1.96. The first kappa shape index (κ1) is 19.4. The molecule has 2 rings (SSSR count). The van der Waals surface area contributed by atoms with Gasteiger partial charge in [0.25, 0.3) is 0 Å². The van der Waals surface area contributed by atoms with Gasteiger partial charge in [-0.2, -0.15) is 0 Å². The molecule has 0 aliphatic heterocycles. The molecule has 2 aromatic rings. The van der Waals surface area contributed by atoms with Crippen LogP contribution in [0.3, 0.4) is 0 Å². The Balaban J connectivity index is 1.87. The van der Waals surface area contributed by atoms with E-state index in [0.29, 0.717) is 5.02 Å². The van der Waals surface area contributed by atoms with Crippen LogP contribution in [0.4, 0.5) is 4.39 Å². The summed E-state index contributed by atoms with van der Waals surface area (Å²) in [5, 5.41) is 0.326. The lowest BCUT2D eigenvalue weighted by Gasteiger charge is -2.17. The van der Waals surface area contributed by atoms with Gasteiger partial charge in [-0.25, -0.2) is 17.1 Å². The molecule has 25 heavy (non-hydrogen) atoms. The van der Waals surface area contributed by atoms with E-state index in [1.54, 1.807) is 24.3 Å². The summed E-state index contributed by atoms with van der Waals surface area (Å²) in [5.74, 6) is -0.744. The van der Waals surface area contributed by atoms with Crippen molar-refractivity contribution in [3.05, 3.63) is 59.4 Å². The monoisotopic (exact) mass is 385 g/mol. The molecule has 0 unspecified atom stereocenters. The van der Waals surface area contributed by atoms with Crippen LogP contribution in [-0.4, -0.2) is 32.3 Å². The molecule has 8 heteroatoms. The summed E-state index contributed by atoms with van der Waals surface area (Å²) in [4.78, 5) is 11.8. The highest BCUT2D eigenvalue weighted by molar-refractivity contribution is 7.89. The van der Waals surface area contributed by atoms with E-state index in [1.807, 2.05) is 0 Å². The van der Waals surface area contributed by atoms with Crippen molar-refractivity contribution in [2.75, 3.05) is 13.6 Å². The molecule has 0 heterocycles. The number of para-hydroxylation sites is 1. The minimum atomic E-state index is -3.73. The summed E-state index contributed by atoms with van der Waals surface area (Å²) >= 11 is 5.90. The summed E-state index contributed by atoms with van der Waals surface area (Å²) in [6.07, 6.45) is 0.314. The predicted octanol–water partition coefficient (Wildman–Crippen LogP) is 3.49. The maximum absolute atomic E-state index is 12.9. The van der Waals surface area contributed by atoms with Gasteiger partial charge in [-0.05, 0) is 42.8 Å². The molecule has 2 aromatic carbocycles. The summed E-state index contributed by atoms with van der Waals surface area (Å²) in [6, 6.07) is 11.2. The molecule has 0 saturated heterocycles. The fraction of sp³-hybridized carbons (Fsp3) is 0.235. The number of halogens is 2. The van der Waals surface area contributed by atoms with E-state index >= 15 is 0 Å². The van der Waals surface area contributed by atoms with Gasteiger partial charge in [-0.1, -0.05) is 23.7 Å². The fourth-order valence-electron chi connectivity index (χ4n) is 2.05. The maximum atomic E-state index is 12.9. The third-order valence-electron chi connectivity index (χ3n) is 3.44. The lowest BCUT2D eigenvalue weighted by Crippen LogP contribution is -2.28. The number of hydrogen-bond acceptors (Lipinski definition) is 4. The number of nitrogens with zero attached hydrogens (tertiary/aromatic N) is 1. The molecule has 0 bridgehead atoms. The van der Waals surface area contributed by atoms with Gasteiger partial charge in [-0.3, -0.25) is 4.79 Å². The van der Waals surface area contributed by atoms with Crippen molar-refractivity contribution < 1.29 is 22.3 Å². The Kier molecular flexibility index (Phi) is 6.52. The van der Waals surface area contributed by atoms with E-state index < -0.39 is 21.8 Å². The average molecular weight is 386 g/mol. The van der Waals surface area contributed by atoms with Gasteiger partial charge in [0.05, 0.1) is 9.92 Å². The van der Waals surface area contributed by atoms with E-state index in [2.05, 4.69) is 0 Å². The molecule has 0 fully saturated rings. The average Bonchev–Trinajstić information content (AvgIpc) is 2.57. The van der Waals surface area contributed by atoms with E-state index in [1.165, 1.54) is 19.2 Å². The molecule has 0 amide bonds. The van der Waals surface area contributed by atoms with Crippen LogP contribution in [0, 0.1) is 5.82 Å². The van der Waals surface area contributed by atoms with Gasteiger partial charge in [0.1, 0.15) is 11.6 Å². The Morgan fingerprint density at radius 2 is 1.80 bits per heavy atom. The first-order valence-electron chi connectivity index (χ1n) is 7.48. The SMILES string of the molecule is CN(CCCC(=O)Oc1ccccc1Cl)S(=O)(=O)c1ccc(F)cc1. The number of sulfonamides is 1. The molecule has 0 saturated carbocycles. The number of esters is 1. The summed E-state index contributed by atoms with van der Waals surface area (Å²) in [6.45, 7) is 0.122. The molecule has 0 aromatic heterocycles. The van der Waals surface area contributed by atoms with Gasteiger partial charge in [0.2, 0.25) is 10.0 Å². The van der Waals surface area contributed by atoms with Gasteiger partial charge >= 0.3 is 5.97 Å². The molecular formula is C17H17ClFNO4S. The Bertz CT molecular complexity index is 840. The van der Waals surface area contributed by atoms with E-state index in [-0.39, 0.29) is 30.0 Å². The number of ether oxygens (including phenoxy) is 1. The zero-order chi connectivity index (χ0) is 18.4. The van der Waals surface area contributed by atoms with E-state index in [0.717, 1.165) is 16.4 Å². The summed E-state index contributed by atoms with van der Waals surface area (Å²) in [5.41, 5.74) is 0. The highest BCUT2D eigenvalue weighted by Gasteiger charge is 2.20. The van der Waals surface area contributed by atoms with Crippen molar-refractivity contribution in [1.82, 2.24) is 4.31 Å². The van der Waals surface area contributed by atoms with Crippen LogP contribution < -0.4 is 4.74 Å². The normalized spacial score (nSPS) is 11.5. The molecule has 5 nitrogen and oxygen atoms in total. The van der Waals surface area contributed by atoms with Crippen molar-refractivity contribution in [2.45, 2.75) is 17.7 Å². The first-order chi connectivity index (χ1) is 11.8. The van der Waals surface area contributed by atoms with Crippen molar-refractivity contribution in [3.8, 4) is 5.75 Å². The fourth-order valence-corrected chi connectivity index (χ4v) is 3.44. The first-order valence-corrected chi connectivity index (χ1v) is 9.29. The molecule has 0 aliphatic carbocycles. The molecule has 0 atom stereocenters. The summed E-state index contributed by atoms with van der Waals surface area (Å²) in [7, 11) is -2.32. The van der Waals surface area contributed by atoms with Crippen LogP contribution in [0.1, 0.15) is 12.8 Å². The lowest BCUT2D eigenvalue weighted by molar-refractivity contribution is -0.134. The zero-order valence-electron chi connectivity index (χ0n) is 13.5. The van der Waals surface area contributed by atoms with Crippen molar-refractivity contribution >= 4 is 27.6 Å². The van der Waals surface area contributed by atoms with Crippen LogP contribution >= 0.6 is 11.6 Å². The van der Waals surface area contributed by atoms with Gasteiger partial charge in [0.15, 0.2) is 0 Å².